The Hall–Kier alpha value is -2.92. The Labute approximate surface area is 187 Å². The van der Waals surface area contributed by atoms with Crippen molar-refractivity contribution in [3.8, 4) is 32.9 Å². The first kappa shape index (κ1) is 21.0. The van der Waals surface area contributed by atoms with Gasteiger partial charge < -0.3 is 9.84 Å². The summed E-state index contributed by atoms with van der Waals surface area (Å²) in [6.07, 6.45) is 1.44. The zero-order chi connectivity index (χ0) is 22.6. The molecule has 1 aromatic carbocycles. The molecule has 1 aliphatic carbocycles. The van der Waals surface area contributed by atoms with Gasteiger partial charge >= 0.3 is 5.69 Å². The standard InChI is InChI=1S/C21H23FN6O3S/c1-21-7-6-12(9-28(21)3)15(16(21)22)31-20-26-25-18(32-20)13-5-4-11(8-14(13)29)17-23-10-27(2)19(30)24-17/h4-5,8,10,12,15-16,29H,6-7,9H2,1-3H3/t12-,15-,16+,21-/m1/s1. The number of fused-ring (bicyclic) bond motifs is 3. The molecular formula is C21H23FN6O3S. The van der Waals surface area contributed by atoms with Crippen LogP contribution >= 0.6 is 11.3 Å². The van der Waals surface area contributed by atoms with Gasteiger partial charge in [0.15, 0.2) is 17.0 Å². The molecule has 4 heterocycles. The number of phenolic OH excluding ortho intramolecular Hbond substituents is 1. The third-order valence-electron chi connectivity index (χ3n) is 6.74. The lowest BCUT2D eigenvalue weighted by atomic mass is 9.68. The van der Waals surface area contributed by atoms with Crippen LogP contribution < -0.4 is 10.4 Å². The first-order valence-electron chi connectivity index (χ1n) is 10.3. The average molecular weight is 459 g/mol. The van der Waals surface area contributed by atoms with E-state index in [0.717, 1.165) is 30.7 Å². The Balaban J connectivity index is 1.37. The number of phenols is 1. The van der Waals surface area contributed by atoms with Gasteiger partial charge in [-0.3, -0.25) is 9.47 Å². The molecule has 9 nitrogen and oxygen atoms in total. The summed E-state index contributed by atoms with van der Waals surface area (Å²) in [4.78, 5) is 21.8. The number of nitrogens with zero attached hydrogens (tertiary/aromatic N) is 6. The molecule has 32 heavy (non-hydrogen) atoms. The van der Waals surface area contributed by atoms with Crippen LogP contribution in [-0.4, -0.2) is 66.1 Å². The van der Waals surface area contributed by atoms with Crippen molar-refractivity contribution in [2.75, 3.05) is 13.6 Å². The van der Waals surface area contributed by atoms with Crippen LogP contribution in [0.2, 0.25) is 0 Å². The third-order valence-corrected chi connectivity index (χ3v) is 7.58. The van der Waals surface area contributed by atoms with E-state index in [-0.39, 0.29) is 22.7 Å². The predicted molar refractivity (Wildman–Crippen MR) is 116 cm³/mol. The summed E-state index contributed by atoms with van der Waals surface area (Å²) in [5.41, 5.74) is -0.00633. The minimum atomic E-state index is -1.11. The summed E-state index contributed by atoms with van der Waals surface area (Å²) < 4.78 is 22.5. The van der Waals surface area contributed by atoms with Crippen LogP contribution in [0.5, 0.6) is 10.9 Å². The lowest BCUT2D eigenvalue weighted by Crippen LogP contribution is -2.68. The highest BCUT2D eigenvalue weighted by Crippen LogP contribution is 2.46. The van der Waals surface area contributed by atoms with E-state index in [1.807, 2.05) is 14.0 Å². The maximum Gasteiger partial charge on any atom is 0.350 e. The Kier molecular flexibility index (Phi) is 4.97. The normalized spacial score (nSPS) is 27.6. The zero-order valence-corrected chi connectivity index (χ0v) is 18.7. The molecule has 168 valence electrons. The van der Waals surface area contributed by atoms with Crippen LogP contribution in [0.25, 0.3) is 22.0 Å². The Bertz CT molecular complexity index is 1230. The highest BCUT2D eigenvalue weighted by atomic mass is 32.1. The van der Waals surface area contributed by atoms with Crippen LogP contribution in [0.1, 0.15) is 19.8 Å². The van der Waals surface area contributed by atoms with Crippen molar-refractivity contribution >= 4 is 11.3 Å². The molecule has 0 radical (unpaired) electrons. The van der Waals surface area contributed by atoms with Gasteiger partial charge in [0.1, 0.15) is 18.2 Å². The maximum absolute atomic E-state index is 15.2. The predicted octanol–water partition coefficient (Wildman–Crippen LogP) is 2.27. The number of aromatic nitrogens is 5. The lowest BCUT2D eigenvalue weighted by molar-refractivity contribution is -0.135. The number of aromatic hydroxyl groups is 1. The number of alkyl halides is 1. The molecule has 0 spiro atoms. The molecule has 6 rings (SSSR count). The van der Waals surface area contributed by atoms with Gasteiger partial charge in [0.25, 0.3) is 5.19 Å². The Morgan fingerprint density at radius 2 is 2.12 bits per heavy atom. The van der Waals surface area contributed by atoms with Crippen LogP contribution in [0.3, 0.4) is 0 Å². The molecule has 2 aliphatic heterocycles. The van der Waals surface area contributed by atoms with Crippen molar-refractivity contribution in [1.82, 2.24) is 29.6 Å². The summed E-state index contributed by atoms with van der Waals surface area (Å²) in [6.45, 7) is 2.74. The summed E-state index contributed by atoms with van der Waals surface area (Å²) in [6, 6.07) is 4.83. The minimum absolute atomic E-state index is 0.0521. The van der Waals surface area contributed by atoms with Gasteiger partial charge in [0.05, 0.1) is 11.1 Å². The second-order valence-corrected chi connectivity index (χ2v) is 9.64. The number of piperidine rings is 2. The number of ether oxygens (including phenoxy) is 1. The highest BCUT2D eigenvalue weighted by molar-refractivity contribution is 7.16. The van der Waals surface area contributed by atoms with Crippen LogP contribution in [0.4, 0.5) is 4.39 Å². The van der Waals surface area contributed by atoms with Gasteiger partial charge in [-0.25, -0.2) is 14.2 Å². The molecule has 0 unspecified atom stereocenters. The van der Waals surface area contributed by atoms with E-state index >= 15 is 4.39 Å². The molecule has 2 aromatic heterocycles. The van der Waals surface area contributed by atoms with Crippen LogP contribution in [-0.2, 0) is 7.05 Å². The topological polar surface area (TPSA) is 106 Å². The van der Waals surface area contributed by atoms with Crippen molar-refractivity contribution in [2.45, 2.75) is 37.6 Å². The van der Waals surface area contributed by atoms with Crippen LogP contribution in [0, 0.1) is 5.92 Å². The van der Waals surface area contributed by atoms with Crippen LogP contribution in [0.15, 0.2) is 29.3 Å². The molecule has 1 saturated carbocycles. The van der Waals surface area contributed by atoms with Gasteiger partial charge in [0, 0.05) is 25.1 Å². The first-order valence-corrected chi connectivity index (χ1v) is 11.2. The third kappa shape index (κ3) is 3.36. The smallest absolute Gasteiger partial charge is 0.350 e. The number of hydrogen-bond donors (Lipinski definition) is 1. The van der Waals surface area contributed by atoms with Crippen molar-refractivity contribution < 1.29 is 14.2 Å². The fourth-order valence-corrected chi connectivity index (χ4v) is 5.32. The van der Waals surface area contributed by atoms with E-state index < -0.39 is 23.5 Å². The summed E-state index contributed by atoms with van der Waals surface area (Å²) in [7, 11) is 3.52. The number of halogens is 1. The van der Waals surface area contributed by atoms with E-state index in [1.165, 1.54) is 17.0 Å². The SMILES string of the molecule is CN1C[C@H]2CC[C@]1(C)[C@@H](F)[C@@H]2Oc1nnc(-c2ccc(-c3ncn(C)c(=O)n3)cc2O)s1. The lowest BCUT2D eigenvalue weighted by Gasteiger charge is -2.56. The molecule has 11 heteroatoms. The molecular weight excluding hydrogens is 435 g/mol. The average Bonchev–Trinajstić information content (AvgIpc) is 3.22. The minimum Gasteiger partial charge on any atom is -0.507 e. The van der Waals surface area contributed by atoms with Gasteiger partial charge in [-0.05, 0) is 38.9 Å². The van der Waals surface area contributed by atoms with Gasteiger partial charge in [-0.1, -0.05) is 22.5 Å². The number of rotatable bonds is 4. The summed E-state index contributed by atoms with van der Waals surface area (Å²) in [5.74, 6) is 0.273. The van der Waals surface area contributed by atoms with Crippen molar-refractivity contribution in [3.63, 3.8) is 0 Å². The van der Waals surface area contributed by atoms with E-state index in [4.69, 9.17) is 4.74 Å². The summed E-state index contributed by atoms with van der Waals surface area (Å²) in [5, 5.41) is 19.5. The zero-order valence-electron chi connectivity index (χ0n) is 17.9. The quantitative estimate of drug-likeness (QED) is 0.635. The van der Waals surface area contributed by atoms with Gasteiger partial charge in [-0.2, -0.15) is 4.98 Å². The van der Waals surface area contributed by atoms with E-state index in [2.05, 4.69) is 25.1 Å². The highest BCUT2D eigenvalue weighted by Gasteiger charge is 2.56. The molecule has 2 bridgehead atoms. The van der Waals surface area contributed by atoms with E-state index in [0.29, 0.717) is 16.1 Å². The second-order valence-electron chi connectivity index (χ2n) is 8.70. The molecule has 4 atom stereocenters. The molecule has 3 aliphatic rings. The van der Waals surface area contributed by atoms with Crippen molar-refractivity contribution in [1.29, 1.82) is 0 Å². The van der Waals surface area contributed by atoms with Gasteiger partial charge in [0.2, 0.25) is 0 Å². The number of benzene rings is 1. The largest absolute Gasteiger partial charge is 0.507 e. The monoisotopic (exact) mass is 458 g/mol. The van der Waals surface area contributed by atoms with Crippen molar-refractivity contribution in [2.24, 2.45) is 13.0 Å². The molecule has 3 fully saturated rings. The van der Waals surface area contributed by atoms with E-state index in [9.17, 15) is 9.90 Å². The second kappa shape index (κ2) is 7.59. The maximum atomic E-state index is 15.2. The van der Waals surface area contributed by atoms with Gasteiger partial charge in [-0.15, -0.1) is 5.10 Å². The fourth-order valence-electron chi connectivity index (χ4n) is 4.55. The van der Waals surface area contributed by atoms with Crippen molar-refractivity contribution in [3.05, 3.63) is 35.0 Å². The summed E-state index contributed by atoms with van der Waals surface area (Å²) >= 11 is 1.16. The molecule has 0 amide bonds. The fraction of sp³-hybridized carbons (Fsp3) is 0.476. The molecule has 2 saturated heterocycles. The number of aryl methyl sites for hydroxylation is 1. The molecule has 3 aromatic rings. The Morgan fingerprint density at radius 3 is 2.84 bits per heavy atom. The Morgan fingerprint density at radius 1 is 1.31 bits per heavy atom. The number of hydrogen-bond acceptors (Lipinski definition) is 9. The first-order chi connectivity index (χ1) is 15.3. The molecule has 1 N–H and O–H groups in total. The van der Waals surface area contributed by atoms with E-state index in [1.54, 1.807) is 19.2 Å².